The van der Waals surface area contributed by atoms with Crippen molar-refractivity contribution in [2.75, 3.05) is 5.32 Å². The van der Waals surface area contributed by atoms with E-state index in [0.717, 1.165) is 21.5 Å². The Morgan fingerprint density at radius 2 is 1.83 bits per heavy atom. The summed E-state index contributed by atoms with van der Waals surface area (Å²) in [6.07, 6.45) is 0.887. The minimum atomic E-state index is 0.0234. The van der Waals surface area contributed by atoms with Crippen molar-refractivity contribution < 1.29 is 4.79 Å². The lowest BCUT2D eigenvalue weighted by Gasteiger charge is -2.01. The zero-order valence-electron chi connectivity index (χ0n) is 12.6. The Kier molecular flexibility index (Phi) is 4.16. The molecule has 2 unspecified atom stereocenters. The van der Waals surface area contributed by atoms with Crippen molar-refractivity contribution in [2.45, 2.75) is 12.3 Å². The Morgan fingerprint density at radius 1 is 1.08 bits per heavy atom. The van der Waals surface area contributed by atoms with Crippen LogP contribution < -0.4 is 5.32 Å². The lowest BCUT2D eigenvalue weighted by atomic mass is 10.1. The highest BCUT2D eigenvalue weighted by atomic mass is 79.9. The van der Waals surface area contributed by atoms with Gasteiger partial charge in [-0.15, -0.1) is 10.2 Å². The van der Waals surface area contributed by atoms with Gasteiger partial charge in [0.1, 0.15) is 5.01 Å². The van der Waals surface area contributed by atoms with E-state index in [1.165, 1.54) is 16.9 Å². The topological polar surface area (TPSA) is 54.9 Å². The van der Waals surface area contributed by atoms with Crippen LogP contribution >= 0.6 is 27.3 Å². The van der Waals surface area contributed by atoms with E-state index in [1.54, 1.807) is 0 Å². The van der Waals surface area contributed by atoms with Gasteiger partial charge in [-0.2, -0.15) is 0 Å². The molecule has 4 nitrogen and oxygen atoms in total. The molecule has 1 amide bonds. The normalized spacial score (nSPS) is 19.0. The van der Waals surface area contributed by atoms with Crippen LogP contribution in [-0.4, -0.2) is 16.1 Å². The molecule has 1 aromatic heterocycles. The summed E-state index contributed by atoms with van der Waals surface area (Å²) in [6, 6.07) is 18.0. The molecule has 1 heterocycles. The molecule has 1 aliphatic rings. The van der Waals surface area contributed by atoms with Gasteiger partial charge in [-0.1, -0.05) is 69.7 Å². The Balaban J connectivity index is 1.41. The molecule has 1 saturated carbocycles. The number of rotatable bonds is 4. The summed E-state index contributed by atoms with van der Waals surface area (Å²) in [5.41, 5.74) is 2.22. The number of nitrogens with one attached hydrogen (secondary N) is 1. The van der Waals surface area contributed by atoms with Crippen molar-refractivity contribution in [3.63, 3.8) is 0 Å². The van der Waals surface area contributed by atoms with E-state index in [4.69, 9.17) is 0 Å². The predicted molar refractivity (Wildman–Crippen MR) is 99.0 cm³/mol. The number of amides is 1. The lowest BCUT2D eigenvalue weighted by molar-refractivity contribution is -0.117. The van der Waals surface area contributed by atoms with Crippen LogP contribution in [0.4, 0.5) is 5.13 Å². The van der Waals surface area contributed by atoms with Crippen LogP contribution in [0.5, 0.6) is 0 Å². The van der Waals surface area contributed by atoms with Gasteiger partial charge in [-0.25, -0.2) is 0 Å². The fraction of sp³-hybridized carbons (Fsp3) is 0.167. The zero-order valence-corrected chi connectivity index (χ0v) is 15.0. The van der Waals surface area contributed by atoms with Crippen molar-refractivity contribution in [1.82, 2.24) is 10.2 Å². The SMILES string of the molecule is O=C(Nc1nnc(-c2ccccc2)s1)C1CC1c1ccc(Br)cc1. The molecule has 1 aliphatic carbocycles. The van der Waals surface area contributed by atoms with Gasteiger partial charge in [0.2, 0.25) is 11.0 Å². The highest BCUT2D eigenvalue weighted by Gasteiger charge is 2.44. The maximum absolute atomic E-state index is 12.4. The molecular formula is C18H14BrN3OS. The molecule has 1 fully saturated rings. The summed E-state index contributed by atoms with van der Waals surface area (Å²) in [7, 11) is 0. The molecule has 0 bridgehead atoms. The van der Waals surface area contributed by atoms with Gasteiger partial charge < -0.3 is 5.32 Å². The minimum Gasteiger partial charge on any atom is -0.300 e. The average Bonchev–Trinajstić information content (AvgIpc) is 3.28. The maximum Gasteiger partial charge on any atom is 0.229 e. The second-order valence-electron chi connectivity index (χ2n) is 5.77. The van der Waals surface area contributed by atoms with Gasteiger partial charge in [0.15, 0.2) is 0 Å². The Bertz CT molecular complexity index is 863. The number of aromatic nitrogens is 2. The van der Waals surface area contributed by atoms with Crippen molar-refractivity contribution in [2.24, 2.45) is 5.92 Å². The second kappa shape index (κ2) is 6.45. The summed E-state index contributed by atoms with van der Waals surface area (Å²) >= 11 is 4.83. The van der Waals surface area contributed by atoms with Gasteiger partial charge >= 0.3 is 0 Å². The third-order valence-corrected chi connectivity index (χ3v) is 5.52. The average molecular weight is 400 g/mol. The molecule has 0 spiro atoms. The zero-order chi connectivity index (χ0) is 16.5. The van der Waals surface area contributed by atoms with E-state index in [-0.39, 0.29) is 11.8 Å². The molecular weight excluding hydrogens is 386 g/mol. The van der Waals surface area contributed by atoms with Crippen LogP contribution in [0, 0.1) is 5.92 Å². The van der Waals surface area contributed by atoms with Crippen molar-refractivity contribution in [3.8, 4) is 10.6 Å². The molecule has 0 saturated heterocycles. The molecule has 0 aliphatic heterocycles. The molecule has 6 heteroatoms. The summed E-state index contributed by atoms with van der Waals surface area (Å²) in [5.74, 6) is 0.355. The minimum absolute atomic E-state index is 0.0234. The first-order valence-electron chi connectivity index (χ1n) is 7.66. The third-order valence-electron chi connectivity index (χ3n) is 4.10. The first-order valence-corrected chi connectivity index (χ1v) is 9.27. The Labute approximate surface area is 152 Å². The molecule has 1 N–H and O–H groups in total. The van der Waals surface area contributed by atoms with Gasteiger partial charge in [0, 0.05) is 16.0 Å². The van der Waals surface area contributed by atoms with Gasteiger partial charge in [-0.05, 0) is 30.0 Å². The van der Waals surface area contributed by atoms with Crippen LogP contribution in [0.3, 0.4) is 0 Å². The monoisotopic (exact) mass is 399 g/mol. The predicted octanol–water partition coefficient (Wildman–Crippen LogP) is 4.71. The van der Waals surface area contributed by atoms with Crippen LogP contribution in [-0.2, 0) is 4.79 Å². The van der Waals surface area contributed by atoms with Crippen molar-refractivity contribution in [1.29, 1.82) is 0 Å². The first kappa shape index (κ1) is 15.5. The smallest absolute Gasteiger partial charge is 0.229 e. The number of hydrogen-bond acceptors (Lipinski definition) is 4. The number of halogens is 1. The summed E-state index contributed by atoms with van der Waals surface area (Å²) in [6.45, 7) is 0. The Morgan fingerprint density at radius 3 is 2.58 bits per heavy atom. The molecule has 4 rings (SSSR count). The number of nitrogens with zero attached hydrogens (tertiary/aromatic N) is 2. The van der Waals surface area contributed by atoms with Crippen LogP contribution in [0.2, 0.25) is 0 Å². The van der Waals surface area contributed by atoms with E-state index >= 15 is 0 Å². The van der Waals surface area contributed by atoms with Gasteiger partial charge in [0.25, 0.3) is 0 Å². The van der Waals surface area contributed by atoms with Gasteiger partial charge in [0.05, 0.1) is 0 Å². The van der Waals surface area contributed by atoms with Crippen LogP contribution in [0.25, 0.3) is 10.6 Å². The Hall–Kier alpha value is -2.05. The third kappa shape index (κ3) is 3.25. The number of anilines is 1. The van der Waals surface area contributed by atoms with Crippen LogP contribution in [0.1, 0.15) is 17.9 Å². The number of carbonyl (C=O) groups excluding carboxylic acids is 1. The molecule has 120 valence electrons. The first-order chi connectivity index (χ1) is 11.7. The fourth-order valence-electron chi connectivity index (χ4n) is 2.73. The molecule has 3 aromatic rings. The summed E-state index contributed by atoms with van der Waals surface area (Å²) in [4.78, 5) is 12.4. The van der Waals surface area contributed by atoms with Crippen molar-refractivity contribution in [3.05, 3.63) is 64.6 Å². The number of hydrogen-bond donors (Lipinski definition) is 1. The lowest BCUT2D eigenvalue weighted by Crippen LogP contribution is -2.14. The van der Waals surface area contributed by atoms with E-state index in [2.05, 4.69) is 43.6 Å². The van der Waals surface area contributed by atoms with E-state index in [0.29, 0.717) is 11.0 Å². The fourth-order valence-corrected chi connectivity index (χ4v) is 3.75. The second-order valence-corrected chi connectivity index (χ2v) is 7.66. The summed E-state index contributed by atoms with van der Waals surface area (Å²) in [5, 5.41) is 12.5. The largest absolute Gasteiger partial charge is 0.300 e. The molecule has 2 aromatic carbocycles. The van der Waals surface area contributed by atoms with Gasteiger partial charge in [-0.3, -0.25) is 4.79 Å². The number of carbonyl (C=O) groups is 1. The quantitative estimate of drug-likeness (QED) is 0.690. The van der Waals surface area contributed by atoms with E-state index in [1.807, 2.05) is 42.5 Å². The number of benzene rings is 2. The van der Waals surface area contributed by atoms with Crippen molar-refractivity contribution >= 4 is 38.3 Å². The van der Waals surface area contributed by atoms with E-state index < -0.39 is 0 Å². The van der Waals surface area contributed by atoms with E-state index in [9.17, 15) is 4.79 Å². The molecule has 2 atom stereocenters. The standard InChI is InChI=1S/C18H14BrN3OS/c19-13-8-6-11(7-9-13)14-10-15(14)16(23)20-18-22-21-17(24-18)12-4-2-1-3-5-12/h1-9,14-15H,10H2,(H,20,22,23). The van der Waals surface area contributed by atoms with Crippen LogP contribution in [0.15, 0.2) is 59.1 Å². The summed E-state index contributed by atoms with van der Waals surface area (Å²) < 4.78 is 1.05. The highest BCUT2D eigenvalue weighted by Crippen LogP contribution is 2.48. The molecule has 24 heavy (non-hydrogen) atoms. The highest BCUT2D eigenvalue weighted by molar-refractivity contribution is 9.10. The molecule has 0 radical (unpaired) electrons. The maximum atomic E-state index is 12.4.